The summed E-state index contributed by atoms with van der Waals surface area (Å²) in [7, 11) is 0. The number of aromatic nitrogens is 1. The minimum absolute atomic E-state index is 0.0898. The number of carbonyl (C=O) groups is 1. The van der Waals surface area contributed by atoms with E-state index in [2.05, 4.69) is 4.98 Å². The zero-order chi connectivity index (χ0) is 21.6. The molecule has 0 spiro atoms. The summed E-state index contributed by atoms with van der Waals surface area (Å²) in [6.07, 6.45) is 3.37. The molecule has 0 radical (unpaired) electrons. The van der Waals surface area contributed by atoms with E-state index in [-0.39, 0.29) is 30.1 Å². The van der Waals surface area contributed by atoms with Crippen molar-refractivity contribution in [3.63, 3.8) is 0 Å². The van der Waals surface area contributed by atoms with Crippen LogP contribution in [0.3, 0.4) is 0 Å². The number of benzene rings is 2. The maximum Gasteiger partial charge on any atom is 0.223 e. The molecule has 4 rings (SSSR count). The van der Waals surface area contributed by atoms with Gasteiger partial charge in [0.2, 0.25) is 5.91 Å². The molecule has 4 aromatic rings. The number of aryl methyl sites for hydroxylation is 1. The van der Waals surface area contributed by atoms with Gasteiger partial charge in [-0.1, -0.05) is 30.3 Å². The Kier molecular flexibility index (Phi) is 6.21. The molecule has 2 aromatic heterocycles. The van der Waals surface area contributed by atoms with Gasteiger partial charge in [-0.3, -0.25) is 4.79 Å². The van der Waals surface area contributed by atoms with Gasteiger partial charge in [-0.25, -0.2) is 13.8 Å². The first-order chi connectivity index (χ1) is 15.1. The van der Waals surface area contributed by atoms with Crippen molar-refractivity contribution in [3.05, 3.63) is 102 Å². The van der Waals surface area contributed by atoms with Gasteiger partial charge in [0.15, 0.2) is 11.7 Å². The average molecular weight is 422 g/mol. The lowest BCUT2D eigenvalue weighted by Gasteiger charge is -2.21. The molecule has 0 N–H and O–H groups in total. The highest BCUT2D eigenvalue weighted by molar-refractivity contribution is 5.76. The van der Waals surface area contributed by atoms with Crippen molar-refractivity contribution in [3.8, 4) is 11.3 Å². The molecule has 0 unspecified atom stereocenters. The van der Waals surface area contributed by atoms with Gasteiger partial charge in [0.25, 0.3) is 0 Å². The lowest BCUT2D eigenvalue weighted by Crippen LogP contribution is -2.30. The highest BCUT2D eigenvalue weighted by Crippen LogP contribution is 2.25. The van der Waals surface area contributed by atoms with Crippen molar-refractivity contribution >= 4 is 5.91 Å². The fraction of sp³-hybridized carbons (Fsp3) is 0.167. The molecule has 0 saturated heterocycles. The van der Waals surface area contributed by atoms with Crippen molar-refractivity contribution in [2.24, 2.45) is 0 Å². The zero-order valence-corrected chi connectivity index (χ0v) is 16.6. The Morgan fingerprint density at radius 2 is 1.84 bits per heavy atom. The number of oxazole rings is 1. The van der Waals surface area contributed by atoms with Gasteiger partial charge < -0.3 is 13.7 Å². The summed E-state index contributed by atoms with van der Waals surface area (Å²) >= 11 is 0. The van der Waals surface area contributed by atoms with Crippen molar-refractivity contribution in [1.82, 2.24) is 9.88 Å². The number of furan rings is 1. The number of carbonyl (C=O) groups excluding carboxylic acids is 1. The summed E-state index contributed by atoms with van der Waals surface area (Å²) < 4.78 is 38.0. The van der Waals surface area contributed by atoms with Crippen LogP contribution in [0.5, 0.6) is 0 Å². The molecule has 0 saturated carbocycles. The predicted molar refractivity (Wildman–Crippen MR) is 110 cm³/mol. The van der Waals surface area contributed by atoms with Gasteiger partial charge in [-0.05, 0) is 29.8 Å². The van der Waals surface area contributed by atoms with Crippen molar-refractivity contribution in [2.45, 2.75) is 25.9 Å². The molecule has 0 atom stereocenters. The molecule has 7 heteroatoms. The van der Waals surface area contributed by atoms with E-state index < -0.39 is 11.6 Å². The first kappa shape index (κ1) is 20.5. The topological polar surface area (TPSA) is 59.5 Å². The van der Waals surface area contributed by atoms with E-state index in [9.17, 15) is 13.6 Å². The maximum atomic E-state index is 14.0. The van der Waals surface area contributed by atoms with Crippen LogP contribution in [-0.4, -0.2) is 15.8 Å². The molecular formula is C24H20F2N2O3. The summed E-state index contributed by atoms with van der Waals surface area (Å²) in [5.74, 6) is -0.295. The van der Waals surface area contributed by atoms with Crippen LogP contribution in [0.2, 0.25) is 0 Å². The molecular weight excluding hydrogens is 402 g/mol. The Balaban J connectivity index is 1.43. The molecule has 2 heterocycles. The minimum Gasteiger partial charge on any atom is -0.467 e. The van der Waals surface area contributed by atoms with E-state index in [0.717, 1.165) is 17.7 Å². The third-order valence-corrected chi connectivity index (χ3v) is 4.80. The maximum absolute atomic E-state index is 14.0. The first-order valence-corrected chi connectivity index (χ1v) is 9.82. The standard InChI is InChI=1S/C24H20F2N2O3/c25-18-8-9-20(21(26)13-18)22-14-27-23(31-22)10-11-24(29)28(16-19-7-4-12-30-19)15-17-5-2-1-3-6-17/h1-9,12-14H,10-11,15-16H2. The molecule has 1 amide bonds. The first-order valence-electron chi connectivity index (χ1n) is 9.82. The largest absolute Gasteiger partial charge is 0.467 e. The van der Waals surface area contributed by atoms with Gasteiger partial charge in [-0.2, -0.15) is 0 Å². The summed E-state index contributed by atoms with van der Waals surface area (Å²) in [4.78, 5) is 18.8. The molecule has 0 fully saturated rings. The lowest BCUT2D eigenvalue weighted by atomic mass is 10.2. The number of halogens is 2. The van der Waals surface area contributed by atoms with Crippen LogP contribution in [0.1, 0.15) is 23.6 Å². The second-order valence-electron chi connectivity index (χ2n) is 7.06. The molecule has 5 nitrogen and oxygen atoms in total. The van der Waals surface area contributed by atoms with E-state index >= 15 is 0 Å². The lowest BCUT2D eigenvalue weighted by molar-refractivity contribution is -0.132. The van der Waals surface area contributed by atoms with Gasteiger partial charge in [0, 0.05) is 25.5 Å². The minimum atomic E-state index is -0.730. The van der Waals surface area contributed by atoms with Crippen molar-refractivity contribution in [1.29, 1.82) is 0 Å². The second-order valence-corrected chi connectivity index (χ2v) is 7.06. The van der Waals surface area contributed by atoms with Gasteiger partial charge in [0.1, 0.15) is 17.4 Å². The number of amides is 1. The van der Waals surface area contributed by atoms with Crippen LogP contribution >= 0.6 is 0 Å². The summed E-state index contributed by atoms with van der Waals surface area (Å²) in [6, 6.07) is 16.5. The monoisotopic (exact) mass is 422 g/mol. The SMILES string of the molecule is O=C(CCc1ncc(-c2ccc(F)cc2F)o1)N(Cc1ccccc1)Cc1ccco1. The fourth-order valence-electron chi connectivity index (χ4n) is 3.24. The number of hydrogen-bond acceptors (Lipinski definition) is 4. The summed E-state index contributed by atoms with van der Waals surface area (Å²) in [5, 5.41) is 0. The van der Waals surface area contributed by atoms with Crippen LogP contribution in [0.4, 0.5) is 8.78 Å². The molecule has 0 aliphatic heterocycles. The third kappa shape index (κ3) is 5.25. The highest BCUT2D eigenvalue weighted by atomic mass is 19.1. The molecule has 0 bridgehead atoms. The van der Waals surface area contributed by atoms with Crippen LogP contribution in [0.25, 0.3) is 11.3 Å². The summed E-state index contributed by atoms with van der Waals surface area (Å²) in [6.45, 7) is 0.788. The number of nitrogens with zero attached hydrogens (tertiary/aromatic N) is 2. The Labute approximate surface area is 177 Å². The van der Waals surface area contributed by atoms with Gasteiger partial charge in [0.05, 0.1) is 24.6 Å². The van der Waals surface area contributed by atoms with E-state index in [1.807, 2.05) is 36.4 Å². The molecule has 0 aliphatic carbocycles. The van der Waals surface area contributed by atoms with E-state index in [1.165, 1.54) is 12.3 Å². The smallest absolute Gasteiger partial charge is 0.223 e. The number of hydrogen-bond donors (Lipinski definition) is 0. The van der Waals surface area contributed by atoms with E-state index in [4.69, 9.17) is 8.83 Å². The number of rotatable bonds is 8. The summed E-state index contributed by atoms with van der Waals surface area (Å²) in [5.41, 5.74) is 1.13. The van der Waals surface area contributed by atoms with Gasteiger partial charge >= 0.3 is 0 Å². The zero-order valence-electron chi connectivity index (χ0n) is 16.6. The van der Waals surface area contributed by atoms with Crippen molar-refractivity contribution in [2.75, 3.05) is 0 Å². The van der Waals surface area contributed by atoms with Gasteiger partial charge in [-0.15, -0.1) is 0 Å². The molecule has 31 heavy (non-hydrogen) atoms. The van der Waals surface area contributed by atoms with Crippen LogP contribution in [0.15, 0.2) is 82.0 Å². The Bertz CT molecular complexity index is 1140. The molecule has 158 valence electrons. The highest BCUT2D eigenvalue weighted by Gasteiger charge is 2.18. The normalized spacial score (nSPS) is 10.9. The second kappa shape index (κ2) is 9.38. The van der Waals surface area contributed by atoms with E-state index in [1.54, 1.807) is 17.2 Å². The third-order valence-electron chi connectivity index (χ3n) is 4.80. The Morgan fingerprint density at radius 1 is 1.00 bits per heavy atom. The quantitative estimate of drug-likeness (QED) is 0.383. The Morgan fingerprint density at radius 3 is 2.58 bits per heavy atom. The molecule has 2 aromatic carbocycles. The van der Waals surface area contributed by atoms with Crippen LogP contribution in [-0.2, 0) is 24.3 Å². The predicted octanol–water partition coefficient (Wildman–Crippen LogP) is 5.37. The van der Waals surface area contributed by atoms with E-state index in [0.29, 0.717) is 24.7 Å². The van der Waals surface area contributed by atoms with Crippen molar-refractivity contribution < 1.29 is 22.4 Å². The Hall–Kier alpha value is -3.74. The average Bonchev–Trinajstić information content (AvgIpc) is 3.44. The van der Waals surface area contributed by atoms with Crippen LogP contribution < -0.4 is 0 Å². The van der Waals surface area contributed by atoms with Crippen LogP contribution in [0, 0.1) is 11.6 Å². The molecule has 0 aliphatic rings. The fourth-order valence-corrected chi connectivity index (χ4v) is 3.24.